The summed E-state index contributed by atoms with van der Waals surface area (Å²) in [5, 5.41) is 7.26. The Hall–Kier alpha value is -2.53. The van der Waals surface area contributed by atoms with Gasteiger partial charge in [-0.3, -0.25) is 4.79 Å². The number of amides is 1. The van der Waals surface area contributed by atoms with Gasteiger partial charge in [0.1, 0.15) is 11.6 Å². The number of nitrogens with two attached hydrogens (primary N) is 1. The Morgan fingerprint density at radius 3 is 2.78 bits per heavy atom. The second kappa shape index (κ2) is 10.6. The van der Waals surface area contributed by atoms with Crippen molar-refractivity contribution in [1.82, 2.24) is 16.3 Å². The Morgan fingerprint density at radius 1 is 1.33 bits per heavy atom. The number of rotatable bonds is 8. The molecule has 0 radical (unpaired) electrons. The fourth-order valence-electron chi connectivity index (χ4n) is 2.21. The first-order chi connectivity index (χ1) is 13.1. The number of nitrogens with zero attached hydrogens (tertiary/aromatic N) is 3. The van der Waals surface area contributed by atoms with Crippen molar-refractivity contribution in [1.29, 1.82) is 0 Å². The largest absolute Gasteiger partial charge is 0.501 e. The van der Waals surface area contributed by atoms with E-state index in [1.54, 1.807) is 20.3 Å². The topological polar surface area (TPSA) is 135 Å². The van der Waals surface area contributed by atoms with Crippen LogP contribution in [0.1, 0.15) is 13.3 Å². The number of fused-ring (bicyclic) bond motifs is 1. The second-order valence-electron chi connectivity index (χ2n) is 5.54. The van der Waals surface area contributed by atoms with E-state index in [9.17, 15) is 4.79 Å². The third kappa shape index (κ3) is 6.29. The highest BCUT2D eigenvalue weighted by molar-refractivity contribution is 8.14. The summed E-state index contributed by atoms with van der Waals surface area (Å²) in [4.78, 5) is 20.6. The average Bonchev–Trinajstić information content (AvgIpc) is 2.69. The monoisotopic (exact) mass is 395 g/mol. The van der Waals surface area contributed by atoms with Crippen LogP contribution >= 0.6 is 11.8 Å². The highest BCUT2D eigenvalue weighted by Gasteiger charge is 2.27. The number of nitrogens with one attached hydrogen (secondary N) is 3. The van der Waals surface area contributed by atoms with E-state index in [-0.39, 0.29) is 24.1 Å². The third-order valence-electron chi connectivity index (χ3n) is 3.78. The van der Waals surface area contributed by atoms with Gasteiger partial charge >= 0.3 is 0 Å². The van der Waals surface area contributed by atoms with Gasteiger partial charge in [-0.25, -0.2) is 20.9 Å². The van der Waals surface area contributed by atoms with Crippen LogP contribution in [-0.2, 0) is 14.3 Å². The van der Waals surface area contributed by atoms with Gasteiger partial charge in [0.25, 0.3) is 0 Å². The van der Waals surface area contributed by atoms with Crippen molar-refractivity contribution in [3.05, 3.63) is 23.7 Å². The minimum atomic E-state index is -0.168. The summed E-state index contributed by atoms with van der Waals surface area (Å²) in [6, 6.07) is 0. The molecular weight excluding hydrogens is 370 g/mol. The summed E-state index contributed by atoms with van der Waals surface area (Å²) in [6.45, 7) is 2.83. The van der Waals surface area contributed by atoms with Crippen LogP contribution in [-0.4, -0.2) is 55.8 Å². The Kier molecular flexibility index (Phi) is 8.14. The van der Waals surface area contributed by atoms with Gasteiger partial charge in [0.15, 0.2) is 11.0 Å². The quantitative estimate of drug-likeness (QED) is 0.337. The molecule has 0 saturated carbocycles. The molecular formula is C16H25N7O3S. The fourth-order valence-corrected chi connectivity index (χ4v) is 2.90. The number of hydrogen-bond donors (Lipinski definition) is 4. The number of hydrazine groups is 1. The number of ether oxygens (including phenoxy) is 2. The fraction of sp³-hybridized carbons (Fsp3) is 0.500. The first-order valence-electron chi connectivity index (χ1n) is 8.42. The number of hydrazone groups is 1. The molecule has 0 fully saturated rings. The molecule has 1 amide bonds. The van der Waals surface area contributed by atoms with Crippen LogP contribution in [0.3, 0.4) is 0 Å². The molecule has 27 heavy (non-hydrogen) atoms. The molecule has 2 aliphatic heterocycles. The lowest BCUT2D eigenvalue weighted by atomic mass is 10.1. The van der Waals surface area contributed by atoms with E-state index in [1.165, 1.54) is 11.8 Å². The Balaban J connectivity index is 1.84. The van der Waals surface area contributed by atoms with Crippen LogP contribution in [0.25, 0.3) is 0 Å². The molecule has 0 aromatic rings. The van der Waals surface area contributed by atoms with Crippen molar-refractivity contribution in [2.75, 3.05) is 33.1 Å². The van der Waals surface area contributed by atoms with E-state index in [0.717, 1.165) is 12.2 Å². The summed E-state index contributed by atoms with van der Waals surface area (Å²) in [6.07, 6.45) is 4.36. The zero-order valence-corrected chi connectivity index (χ0v) is 16.4. The van der Waals surface area contributed by atoms with Crippen LogP contribution in [0.2, 0.25) is 0 Å². The molecule has 2 heterocycles. The SMILES string of the molecule is CC/C(=C\C=C(/CNC(=O)CSC1=NC2=NNNCC2C(N)=N1)OC)OC. The molecule has 0 aromatic carbocycles. The van der Waals surface area contributed by atoms with Crippen LogP contribution in [0.5, 0.6) is 0 Å². The average molecular weight is 395 g/mol. The van der Waals surface area contributed by atoms with E-state index in [1.807, 2.05) is 13.0 Å². The van der Waals surface area contributed by atoms with Crippen LogP contribution in [0, 0.1) is 5.92 Å². The van der Waals surface area contributed by atoms with E-state index < -0.39 is 0 Å². The van der Waals surface area contributed by atoms with Crippen molar-refractivity contribution in [3.63, 3.8) is 0 Å². The molecule has 0 spiro atoms. The van der Waals surface area contributed by atoms with Gasteiger partial charge in [0.05, 0.1) is 38.2 Å². The van der Waals surface area contributed by atoms with Gasteiger partial charge in [-0.1, -0.05) is 18.7 Å². The van der Waals surface area contributed by atoms with Gasteiger partial charge < -0.3 is 20.5 Å². The molecule has 0 aromatic heterocycles. The molecule has 2 aliphatic rings. The first-order valence-corrected chi connectivity index (χ1v) is 9.41. The molecule has 1 atom stereocenters. The molecule has 2 rings (SSSR count). The zero-order valence-electron chi connectivity index (χ0n) is 15.6. The maximum absolute atomic E-state index is 12.1. The summed E-state index contributed by atoms with van der Waals surface area (Å²) in [5.74, 6) is 2.28. The number of carbonyl (C=O) groups excluding carboxylic acids is 1. The number of methoxy groups -OCH3 is 2. The van der Waals surface area contributed by atoms with Crippen molar-refractivity contribution >= 4 is 34.5 Å². The molecule has 0 aliphatic carbocycles. The number of thioether (sulfide) groups is 1. The highest BCUT2D eigenvalue weighted by atomic mass is 32.2. The van der Waals surface area contributed by atoms with Crippen LogP contribution in [0.15, 0.2) is 38.8 Å². The lowest BCUT2D eigenvalue weighted by Crippen LogP contribution is -2.48. The number of allylic oxidation sites excluding steroid dienone is 3. The van der Waals surface area contributed by atoms with Crippen molar-refractivity contribution in [3.8, 4) is 0 Å². The zero-order chi connectivity index (χ0) is 19.6. The third-order valence-corrected chi connectivity index (χ3v) is 4.63. The van der Waals surface area contributed by atoms with Gasteiger partial charge in [-0.15, -0.1) is 5.10 Å². The van der Waals surface area contributed by atoms with Gasteiger partial charge in [-0.05, 0) is 12.2 Å². The predicted molar refractivity (Wildman–Crippen MR) is 107 cm³/mol. The minimum Gasteiger partial charge on any atom is -0.501 e. The molecule has 1 unspecified atom stereocenters. The molecule has 0 saturated heterocycles. The standard InChI is InChI=1S/C16H25N7O3S/c1-4-10(25-2)5-6-11(26-3)7-18-13(24)9-27-16-20-14(17)12-8-19-23-22-15(12)21-16/h5-6,12,19,23H,4,7-9H2,1-3H3,(H,18,24)(H2,17,20,21,22)/b10-5+,11-6+. The smallest absolute Gasteiger partial charge is 0.230 e. The summed E-state index contributed by atoms with van der Waals surface area (Å²) >= 11 is 1.20. The number of amidine groups is 3. The van der Waals surface area contributed by atoms with Gasteiger partial charge in [-0.2, -0.15) is 0 Å². The minimum absolute atomic E-state index is 0.146. The van der Waals surface area contributed by atoms with Crippen molar-refractivity contribution in [2.45, 2.75) is 13.3 Å². The Labute approximate surface area is 162 Å². The summed E-state index contributed by atoms with van der Waals surface area (Å²) < 4.78 is 10.4. The second-order valence-corrected chi connectivity index (χ2v) is 6.48. The Bertz CT molecular complexity index is 694. The first kappa shape index (κ1) is 20.8. The maximum atomic E-state index is 12.1. The summed E-state index contributed by atoms with van der Waals surface area (Å²) in [7, 11) is 3.17. The van der Waals surface area contributed by atoms with Crippen molar-refractivity contribution < 1.29 is 14.3 Å². The molecule has 5 N–H and O–H groups in total. The van der Waals surface area contributed by atoms with E-state index in [2.05, 4.69) is 31.4 Å². The molecule has 148 valence electrons. The van der Waals surface area contributed by atoms with Crippen LogP contribution in [0.4, 0.5) is 0 Å². The molecule has 0 bridgehead atoms. The van der Waals surface area contributed by atoms with Crippen LogP contribution < -0.4 is 22.0 Å². The number of carbonyl (C=O) groups is 1. The lowest BCUT2D eigenvalue weighted by molar-refractivity contribution is -0.118. The normalized spacial score (nSPS) is 19.8. The van der Waals surface area contributed by atoms with Crippen molar-refractivity contribution in [2.24, 2.45) is 26.7 Å². The number of hydrogen-bond acceptors (Lipinski definition) is 10. The maximum Gasteiger partial charge on any atom is 0.230 e. The Morgan fingerprint density at radius 2 is 2.07 bits per heavy atom. The van der Waals surface area contributed by atoms with Gasteiger partial charge in [0, 0.05) is 13.0 Å². The summed E-state index contributed by atoms with van der Waals surface area (Å²) in [5.41, 5.74) is 11.5. The molecule has 10 nitrogen and oxygen atoms in total. The van der Waals surface area contributed by atoms with E-state index in [4.69, 9.17) is 15.2 Å². The highest BCUT2D eigenvalue weighted by Crippen LogP contribution is 2.16. The lowest BCUT2D eigenvalue weighted by Gasteiger charge is -2.24. The predicted octanol–water partition coefficient (Wildman–Crippen LogP) is 0.0707. The van der Waals surface area contributed by atoms with E-state index in [0.29, 0.717) is 29.1 Å². The molecule has 11 heteroatoms. The van der Waals surface area contributed by atoms with Gasteiger partial charge in [0.2, 0.25) is 5.91 Å². The number of aliphatic imine (C=N–C) groups is 2. The van der Waals surface area contributed by atoms with E-state index >= 15 is 0 Å².